The topological polar surface area (TPSA) is 12.5 Å². The number of benzene rings is 1. The van der Waals surface area contributed by atoms with Crippen molar-refractivity contribution in [3.63, 3.8) is 0 Å². The summed E-state index contributed by atoms with van der Waals surface area (Å²) in [5, 5.41) is 0. The summed E-state index contributed by atoms with van der Waals surface area (Å²) in [4.78, 5) is 2.40. The first kappa shape index (κ1) is 13.2. The highest BCUT2D eigenvalue weighted by Gasteiger charge is 2.31. The van der Waals surface area contributed by atoms with Crippen LogP contribution < -0.4 is 0 Å². The first-order valence-electron chi connectivity index (χ1n) is 6.77. The maximum absolute atomic E-state index is 5.66. The van der Waals surface area contributed by atoms with E-state index in [0.717, 1.165) is 25.3 Å². The van der Waals surface area contributed by atoms with Crippen LogP contribution in [-0.4, -0.2) is 31.6 Å². The van der Waals surface area contributed by atoms with Gasteiger partial charge in [0.1, 0.15) is 0 Å². The van der Waals surface area contributed by atoms with E-state index in [-0.39, 0.29) is 0 Å². The second-order valence-electron chi connectivity index (χ2n) is 5.07. The van der Waals surface area contributed by atoms with E-state index in [1.807, 2.05) is 6.92 Å². The molecule has 2 nitrogen and oxygen atoms in total. The number of hydrogen-bond donors (Lipinski definition) is 0. The lowest BCUT2D eigenvalue weighted by Crippen LogP contribution is -2.37. The zero-order chi connectivity index (χ0) is 13.0. The van der Waals surface area contributed by atoms with Gasteiger partial charge < -0.3 is 9.64 Å². The summed E-state index contributed by atoms with van der Waals surface area (Å²) in [6.45, 7) is 9.08. The molecule has 0 amide bonds. The molecule has 1 fully saturated rings. The van der Waals surface area contributed by atoms with Crippen molar-refractivity contribution in [1.82, 2.24) is 4.90 Å². The van der Waals surface area contributed by atoms with Crippen LogP contribution in [0.15, 0.2) is 42.7 Å². The molecule has 1 aliphatic rings. The minimum absolute atomic E-state index is 0.448. The Morgan fingerprint density at radius 1 is 1.39 bits per heavy atom. The molecule has 0 spiro atoms. The average Bonchev–Trinajstić information content (AvgIpc) is 2.40. The molecule has 0 radical (unpaired) electrons. The van der Waals surface area contributed by atoms with Crippen molar-refractivity contribution in [1.29, 1.82) is 0 Å². The SMILES string of the molecule is C=C(OCC)C1CCN(C)CC1c1ccccc1. The van der Waals surface area contributed by atoms with Crippen molar-refractivity contribution in [2.24, 2.45) is 5.92 Å². The van der Waals surface area contributed by atoms with Gasteiger partial charge in [0.05, 0.1) is 12.4 Å². The van der Waals surface area contributed by atoms with Crippen LogP contribution in [0.25, 0.3) is 0 Å². The lowest BCUT2D eigenvalue weighted by Gasteiger charge is -2.37. The summed E-state index contributed by atoms with van der Waals surface area (Å²) < 4.78 is 5.66. The fourth-order valence-corrected chi connectivity index (χ4v) is 2.83. The summed E-state index contributed by atoms with van der Waals surface area (Å²) in [6, 6.07) is 10.7. The summed E-state index contributed by atoms with van der Waals surface area (Å²) >= 11 is 0. The Hall–Kier alpha value is -1.28. The van der Waals surface area contributed by atoms with Gasteiger partial charge in [0, 0.05) is 18.4 Å². The summed E-state index contributed by atoms with van der Waals surface area (Å²) in [5.41, 5.74) is 1.40. The molecule has 1 heterocycles. The first-order chi connectivity index (χ1) is 8.72. The van der Waals surface area contributed by atoms with Crippen molar-refractivity contribution in [3.8, 4) is 0 Å². The molecule has 0 aromatic heterocycles. The molecule has 2 heteroatoms. The number of likely N-dealkylation sites (tertiary alicyclic amines) is 1. The van der Waals surface area contributed by atoms with E-state index < -0.39 is 0 Å². The standard InChI is InChI=1S/C16H23NO/c1-4-18-13(2)15-10-11-17(3)12-16(15)14-8-6-5-7-9-14/h5-9,15-16H,2,4,10-12H2,1,3H3. The lowest BCUT2D eigenvalue weighted by molar-refractivity contribution is 0.131. The lowest BCUT2D eigenvalue weighted by atomic mass is 9.80. The normalized spacial score (nSPS) is 24.8. The maximum Gasteiger partial charge on any atom is 0.0925 e. The van der Waals surface area contributed by atoms with Gasteiger partial charge in [-0.25, -0.2) is 0 Å². The zero-order valence-electron chi connectivity index (χ0n) is 11.4. The summed E-state index contributed by atoms with van der Waals surface area (Å²) in [7, 11) is 2.19. The number of allylic oxidation sites excluding steroid dienone is 1. The third-order valence-electron chi connectivity index (χ3n) is 3.79. The third kappa shape index (κ3) is 2.94. The zero-order valence-corrected chi connectivity index (χ0v) is 11.4. The Morgan fingerprint density at radius 2 is 2.11 bits per heavy atom. The predicted octanol–water partition coefficient (Wildman–Crippen LogP) is 3.27. The molecule has 1 aliphatic heterocycles. The van der Waals surface area contributed by atoms with Gasteiger partial charge in [0.2, 0.25) is 0 Å². The largest absolute Gasteiger partial charge is 0.499 e. The van der Waals surface area contributed by atoms with Crippen LogP contribution in [0.3, 0.4) is 0 Å². The molecular weight excluding hydrogens is 222 g/mol. The van der Waals surface area contributed by atoms with E-state index in [1.165, 1.54) is 5.56 Å². The van der Waals surface area contributed by atoms with Crippen molar-refractivity contribution in [3.05, 3.63) is 48.2 Å². The molecule has 2 rings (SSSR count). The molecule has 0 N–H and O–H groups in total. The predicted molar refractivity (Wildman–Crippen MR) is 75.6 cm³/mol. The molecule has 0 bridgehead atoms. The van der Waals surface area contributed by atoms with Crippen LogP contribution in [0.1, 0.15) is 24.8 Å². The molecule has 98 valence electrons. The molecule has 1 aromatic rings. The Morgan fingerprint density at radius 3 is 2.78 bits per heavy atom. The van der Waals surface area contributed by atoms with Gasteiger partial charge in [-0.1, -0.05) is 36.9 Å². The second kappa shape index (κ2) is 6.05. The Balaban J connectivity index is 2.19. The van der Waals surface area contributed by atoms with Gasteiger partial charge >= 0.3 is 0 Å². The van der Waals surface area contributed by atoms with E-state index >= 15 is 0 Å². The number of nitrogens with zero attached hydrogens (tertiary/aromatic N) is 1. The molecule has 0 aliphatic carbocycles. The maximum atomic E-state index is 5.66. The smallest absolute Gasteiger partial charge is 0.0925 e. The van der Waals surface area contributed by atoms with Gasteiger partial charge in [-0.15, -0.1) is 0 Å². The second-order valence-corrected chi connectivity index (χ2v) is 5.07. The Kier molecular flexibility index (Phi) is 4.43. The minimum Gasteiger partial charge on any atom is -0.499 e. The van der Waals surface area contributed by atoms with Crippen molar-refractivity contribution in [2.75, 3.05) is 26.7 Å². The summed E-state index contributed by atoms with van der Waals surface area (Å²) in [6.07, 6.45) is 1.13. The van der Waals surface area contributed by atoms with Gasteiger partial charge in [-0.3, -0.25) is 0 Å². The third-order valence-corrected chi connectivity index (χ3v) is 3.79. The van der Waals surface area contributed by atoms with E-state index in [0.29, 0.717) is 18.4 Å². The first-order valence-corrected chi connectivity index (χ1v) is 6.77. The van der Waals surface area contributed by atoms with Crippen LogP contribution in [-0.2, 0) is 4.74 Å². The molecule has 2 atom stereocenters. The van der Waals surface area contributed by atoms with Crippen molar-refractivity contribution < 1.29 is 4.74 Å². The fraction of sp³-hybridized carbons (Fsp3) is 0.500. The van der Waals surface area contributed by atoms with Crippen LogP contribution in [0.5, 0.6) is 0 Å². The van der Waals surface area contributed by atoms with Gasteiger partial charge in [-0.2, -0.15) is 0 Å². The average molecular weight is 245 g/mol. The highest BCUT2D eigenvalue weighted by molar-refractivity contribution is 5.24. The van der Waals surface area contributed by atoms with Crippen molar-refractivity contribution >= 4 is 0 Å². The van der Waals surface area contributed by atoms with Crippen LogP contribution in [0.4, 0.5) is 0 Å². The van der Waals surface area contributed by atoms with Gasteiger partial charge in [0.25, 0.3) is 0 Å². The number of rotatable bonds is 4. The van der Waals surface area contributed by atoms with Crippen LogP contribution in [0.2, 0.25) is 0 Å². The highest BCUT2D eigenvalue weighted by Crippen LogP contribution is 2.36. The number of ether oxygens (including phenoxy) is 1. The van der Waals surface area contributed by atoms with Crippen LogP contribution >= 0.6 is 0 Å². The molecule has 2 unspecified atom stereocenters. The molecule has 0 saturated carbocycles. The molecular formula is C16H23NO. The quantitative estimate of drug-likeness (QED) is 0.755. The van der Waals surface area contributed by atoms with E-state index in [2.05, 4.69) is 48.9 Å². The number of piperidine rings is 1. The van der Waals surface area contributed by atoms with E-state index in [9.17, 15) is 0 Å². The Bertz CT molecular complexity index is 387. The Labute approximate surface area is 110 Å². The number of likely N-dealkylation sites (N-methyl/N-ethyl adjacent to an activating group) is 1. The summed E-state index contributed by atoms with van der Waals surface area (Å²) in [5.74, 6) is 1.91. The molecule has 1 saturated heterocycles. The molecule has 1 aromatic carbocycles. The minimum atomic E-state index is 0.448. The van der Waals surface area contributed by atoms with Gasteiger partial charge in [0.15, 0.2) is 0 Å². The van der Waals surface area contributed by atoms with Gasteiger partial charge in [-0.05, 0) is 32.5 Å². The van der Waals surface area contributed by atoms with Crippen molar-refractivity contribution in [2.45, 2.75) is 19.3 Å². The van der Waals surface area contributed by atoms with Crippen LogP contribution in [0, 0.1) is 5.92 Å². The fourth-order valence-electron chi connectivity index (χ4n) is 2.83. The highest BCUT2D eigenvalue weighted by atomic mass is 16.5. The number of hydrogen-bond acceptors (Lipinski definition) is 2. The monoisotopic (exact) mass is 245 g/mol. The molecule has 18 heavy (non-hydrogen) atoms. The van der Waals surface area contributed by atoms with E-state index in [1.54, 1.807) is 0 Å². The van der Waals surface area contributed by atoms with E-state index in [4.69, 9.17) is 4.74 Å².